The molecule has 6 heteroatoms. The average Bonchev–Trinajstić information content (AvgIpc) is 3.12. The minimum Gasteiger partial charge on any atom is -0.462 e. The summed E-state index contributed by atoms with van der Waals surface area (Å²) in [6.45, 7) is 10.2. The second-order valence-corrected chi connectivity index (χ2v) is 7.70. The Morgan fingerprint density at radius 1 is 1.17 bits per heavy atom. The summed E-state index contributed by atoms with van der Waals surface area (Å²) in [5.74, 6) is 0.499. The number of ether oxygens (including phenoxy) is 2. The van der Waals surface area contributed by atoms with Crippen molar-refractivity contribution in [2.45, 2.75) is 37.7 Å². The van der Waals surface area contributed by atoms with Crippen molar-refractivity contribution in [1.29, 1.82) is 0 Å². The summed E-state index contributed by atoms with van der Waals surface area (Å²) in [7, 11) is 0. The number of rotatable bonds is 11. The zero-order chi connectivity index (χ0) is 21.3. The van der Waals surface area contributed by atoms with E-state index in [-0.39, 0.29) is 5.97 Å². The first-order valence-electron chi connectivity index (χ1n) is 10.3. The third-order valence-electron chi connectivity index (χ3n) is 4.68. The second kappa shape index (κ2) is 11.0. The number of aryl methyl sites for hydroxylation is 1. The molecular formula is C24H28N2O3S. The predicted octanol–water partition coefficient (Wildman–Crippen LogP) is 5.57. The second-order valence-electron chi connectivity index (χ2n) is 6.75. The number of imidazole rings is 1. The fraction of sp³-hybridized carbons (Fsp3) is 0.333. The number of nitrogens with zero attached hydrogens (tertiary/aromatic N) is 2. The van der Waals surface area contributed by atoms with Gasteiger partial charge in [0.2, 0.25) is 0 Å². The quantitative estimate of drug-likeness (QED) is 0.229. The molecule has 1 aromatic heterocycles. The third kappa shape index (κ3) is 5.52. The normalized spacial score (nSPS) is 11.0. The highest BCUT2D eigenvalue weighted by Gasteiger charge is 2.15. The smallest absolute Gasteiger partial charge is 0.338 e. The Morgan fingerprint density at radius 3 is 2.67 bits per heavy atom. The van der Waals surface area contributed by atoms with Gasteiger partial charge in [-0.25, -0.2) is 9.78 Å². The highest BCUT2D eigenvalue weighted by Crippen LogP contribution is 2.28. The lowest BCUT2D eigenvalue weighted by atomic mass is 10.1. The molecule has 0 aliphatic heterocycles. The van der Waals surface area contributed by atoms with Crippen LogP contribution in [0.3, 0.4) is 0 Å². The minimum atomic E-state index is -0.318. The van der Waals surface area contributed by atoms with Crippen molar-refractivity contribution < 1.29 is 14.3 Å². The van der Waals surface area contributed by atoms with Crippen molar-refractivity contribution in [2.75, 3.05) is 19.8 Å². The van der Waals surface area contributed by atoms with Gasteiger partial charge < -0.3 is 14.0 Å². The van der Waals surface area contributed by atoms with Crippen LogP contribution in [0.4, 0.5) is 0 Å². The maximum absolute atomic E-state index is 12.1. The maximum Gasteiger partial charge on any atom is 0.338 e. The fourth-order valence-corrected chi connectivity index (χ4v) is 4.14. The molecule has 0 fully saturated rings. The van der Waals surface area contributed by atoms with Gasteiger partial charge in [-0.15, -0.1) is 0 Å². The molecular weight excluding hydrogens is 396 g/mol. The van der Waals surface area contributed by atoms with Crippen LogP contribution in [-0.2, 0) is 21.8 Å². The first-order chi connectivity index (χ1) is 14.7. The molecule has 0 unspecified atom stereocenters. The summed E-state index contributed by atoms with van der Waals surface area (Å²) in [6.07, 6.45) is 2.75. The molecule has 30 heavy (non-hydrogen) atoms. The summed E-state index contributed by atoms with van der Waals surface area (Å²) in [4.78, 5) is 16.9. The summed E-state index contributed by atoms with van der Waals surface area (Å²) in [6, 6.07) is 14.0. The van der Waals surface area contributed by atoms with Crippen LogP contribution in [0, 0.1) is 0 Å². The number of hydrogen-bond donors (Lipinski definition) is 0. The average molecular weight is 425 g/mol. The molecule has 0 aliphatic carbocycles. The van der Waals surface area contributed by atoms with E-state index in [2.05, 4.69) is 35.4 Å². The van der Waals surface area contributed by atoms with E-state index in [1.54, 1.807) is 18.7 Å². The van der Waals surface area contributed by atoms with Gasteiger partial charge in [0.15, 0.2) is 5.16 Å². The Bertz CT molecular complexity index is 996. The van der Waals surface area contributed by atoms with E-state index in [0.29, 0.717) is 18.8 Å². The van der Waals surface area contributed by atoms with Crippen LogP contribution in [0.5, 0.6) is 0 Å². The lowest BCUT2D eigenvalue weighted by Crippen LogP contribution is -2.05. The van der Waals surface area contributed by atoms with Gasteiger partial charge in [0, 0.05) is 25.5 Å². The molecule has 0 spiro atoms. The molecule has 0 radical (unpaired) electrons. The molecule has 0 amide bonds. The van der Waals surface area contributed by atoms with Crippen molar-refractivity contribution in [3.05, 3.63) is 65.7 Å². The Morgan fingerprint density at radius 2 is 1.97 bits per heavy atom. The van der Waals surface area contributed by atoms with Crippen LogP contribution in [-0.4, -0.2) is 35.3 Å². The van der Waals surface area contributed by atoms with Gasteiger partial charge in [-0.05, 0) is 49.6 Å². The number of esters is 1. The van der Waals surface area contributed by atoms with Gasteiger partial charge >= 0.3 is 5.97 Å². The van der Waals surface area contributed by atoms with E-state index in [1.807, 2.05) is 31.2 Å². The number of aromatic nitrogens is 2. The summed E-state index contributed by atoms with van der Waals surface area (Å²) < 4.78 is 12.8. The number of thioether (sulfide) groups is 1. The van der Waals surface area contributed by atoms with Crippen LogP contribution in [0.25, 0.3) is 17.1 Å². The zero-order valence-corrected chi connectivity index (χ0v) is 18.4. The van der Waals surface area contributed by atoms with E-state index in [1.165, 1.54) is 5.56 Å². The van der Waals surface area contributed by atoms with Crippen LogP contribution in [0.1, 0.15) is 41.8 Å². The SMILES string of the molecule is C=Cc1ccc(CSc2nc3cc(C(=O)OCC)ccc3n2CCCOCC)cc1. The summed E-state index contributed by atoms with van der Waals surface area (Å²) in [5.41, 5.74) is 4.69. The zero-order valence-electron chi connectivity index (χ0n) is 17.6. The number of fused-ring (bicyclic) bond motifs is 1. The van der Waals surface area contributed by atoms with Crippen LogP contribution >= 0.6 is 11.8 Å². The fourth-order valence-electron chi connectivity index (χ4n) is 3.14. The van der Waals surface area contributed by atoms with Crippen molar-refractivity contribution in [2.24, 2.45) is 0 Å². The lowest BCUT2D eigenvalue weighted by Gasteiger charge is -2.09. The number of benzene rings is 2. The predicted molar refractivity (Wildman–Crippen MR) is 123 cm³/mol. The molecule has 0 saturated carbocycles. The van der Waals surface area contributed by atoms with Gasteiger partial charge in [0.25, 0.3) is 0 Å². The maximum atomic E-state index is 12.1. The molecule has 3 aromatic rings. The highest BCUT2D eigenvalue weighted by molar-refractivity contribution is 7.98. The molecule has 0 atom stereocenters. The van der Waals surface area contributed by atoms with E-state index in [9.17, 15) is 4.79 Å². The van der Waals surface area contributed by atoms with Crippen molar-refractivity contribution in [3.63, 3.8) is 0 Å². The molecule has 1 heterocycles. The van der Waals surface area contributed by atoms with Gasteiger partial charge in [-0.3, -0.25) is 0 Å². The van der Waals surface area contributed by atoms with E-state index < -0.39 is 0 Å². The largest absolute Gasteiger partial charge is 0.462 e. The van der Waals surface area contributed by atoms with Crippen molar-refractivity contribution >= 4 is 34.8 Å². The standard InChI is InChI=1S/C24H28N2O3S/c1-4-18-8-10-19(11-9-18)17-30-24-25-21-16-20(23(27)29-6-3)12-13-22(21)26(24)14-7-15-28-5-2/h4,8-13,16H,1,5-7,14-15,17H2,2-3H3. The first-order valence-corrected chi connectivity index (χ1v) is 11.2. The molecule has 0 bridgehead atoms. The molecule has 0 aliphatic rings. The minimum absolute atomic E-state index is 0.318. The number of carbonyl (C=O) groups excluding carboxylic acids is 1. The molecule has 5 nitrogen and oxygen atoms in total. The molecule has 3 rings (SSSR count). The number of carbonyl (C=O) groups is 1. The number of hydrogen-bond acceptors (Lipinski definition) is 5. The van der Waals surface area contributed by atoms with E-state index in [4.69, 9.17) is 14.5 Å². The lowest BCUT2D eigenvalue weighted by molar-refractivity contribution is 0.0526. The Kier molecular flexibility index (Phi) is 8.11. The third-order valence-corrected chi connectivity index (χ3v) is 5.73. The van der Waals surface area contributed by atoms with Crippen LogP contribution in [0.15, 0.2) is 54.2 Å². The molecule has 0 N–H and O–H groups in total. The highest BCUT2D eigenvalue weighted by atomic mass is 32.2. The Hall–Kier alpha value is -2.57. The monoisotopic (exact) mass is 424 g/mol. The van der Waals surface area contributed by atoms with Crippen LogP contribution < -0.4 is 0 Å². The van der Waals surface area contributed by atoms with Gasteiger partial charge in [0.1, 0.15) is 0 Å². The summed E-state index contributed by atoms with van der Waals surface area (Å²) >= 11 is 1.70. The molecule has 2 aromatic carbocycles. The van der Waals surface area contributed by atoms with Crippen LogP contribution in [0.2, 0.25) is 0 Å². The van der Waals surface area contributed by atoms with Gasteiger partial charge in [0.05, 0.1) is 23.2 Å². The Labute approximate surface area is 182 Å². The molecule has 158 valence electrons. The molecule has 0 saturated heterocycles. The van der Waals surface area contributed by atoms with Crippen molar-refractivity contribution in [3.8, 4) is 0 Å². The first kappa shape index (κ1) is 22.1. The Balaban J connectivity index is 1.84. The topological polar surface area (TPSA) is 53.3 Å². The van der Waals surface area contributed by atoms with Gasteiger partial charge in [-0.2, -0.15) is 0 Å². The van der Waals surface area contributed by atoms with E-state index in [0.717, 1.165) is 47.1 Å². The van der Waals surface area contributed by atoms with Crippen molar-refractivity contribution in [1.82, 2.24) is 9.55 Å². The van der Waals surface area contributed by atoms with Gasteiger partial charge in [-0.1, -0.05) is 48.7 Å². The van der Waals surface area contributed by atoms with E-state index >= 15 is 0 Å². The summed E-state index contributed by atoms with van der Waals surface area (Å²) in [5, 5.41) is 0.940.